The second-order valence-corrected chi connectivity index (χ2v) is 12.6. The molecule has 2 atom stereocenters. The van der Waals surface area contributed by atoms with Crippen molar-refractivity contribution in [2.45, 2.75) is 74.8 Å². The van der Waals surface area contributed by atoms with Gasteiger partial charge in [-0.05, 0) is 47.8 Å². The van der Waals surface area contributed by atoms with Gasteiger partial charge in [0, 0.05) is 13.2 Å². The van der Waals surface area contributed by atoms with Crippen molar-refractivity contribution in [1.82, 2.24) is 0 Å². The van der Waals surface area contributed by atoms with Gasteiger partial charge in [0.25, 0.3) is 0 Å². The normalized spacial score (nSPS) is 18.6. The highest BCUT2D eigenvalue weighted by Crippen LogP contribution is 2.27. The van der Waals surface area contributed by atoms with Crippen molar-refractivity contribution in [1.29, 1.82) is 0 Å². The molecule has 0 bridgehead atoms. The molecule has 0 N–H and O–H groups in total. The van der Waals surface area contributed by atoms with E-state index in [4.69, 9.17) is 8.85 Å². The van der Waals surface area contributed by atoms with Crippen LogP contribution in [0.2, 0.25) is 6.55 Å². The van der Waals surface area contributed by atoms with E-state index in [2.05, 4.69) is 68.5 Å². The summed E-state index contributed by atoms with van der Waals surface area (Å²) < 4.78 is 12.3. The third kappa shape index (κ3) is 11.4. The maximum atomic E-state index is 6.17. The monoisotopic (exact) mass is 328 g/mol. The van der Waals surface area contributed by atoms with Crippen LogP contribution in [-0.4, -0.2) is 21.8 Å². The Morgan fingerprint density at radius 2 is 1.18 bits per heavy atom. The molecule has 0 saturated heterocycles. The average molecular weight is 329 g/mol. The number of hydrogen-bond acceptors (Lipinski definition) is 2. The fourth-order valence-corrected chi connectivity index (χ4v) is 4.53. The Kier molecular flexibility index (Phi) is 8.60. The predicted molar refractivity (Wildman–Crippen MR) is 100 cm³/mol. The van der Waals surface area contributed by atoms with E-state index in [1.807, 2.05) is 5.70 Å². The molecule has 132 valence electrons. The molecule has 0 radical (unpaired) electrons. The Morgan fingerprint density at radius 1 is 0.864 bits per heavy atom. The third-order valence-electron chi connectivity index (χ3n) is 3.60. The Balaban J connectivity index is 4.32. The quantitative estimate of drug-likeness (QED) is 0.486. The molecule has 0 aliphatic heterocycles. The van der Waals surface area contributed by atoms with E-state index in [0.717, 1.165) is 26.1 Å². The van der Waals surface area contributed by atoms with Gasteiger partial charge in [-0.25, -0.2) is 0 Å². The molecule has 0 amide bonds. The highest BCUT2D eigenvalue weighted by Gasteiger charge is 2.30. The van der Waals surface area contributed by atoms with Crippen molar-refractivity contribution in [3.8, 4) is 0 Å². The highest BCUT2D eigenvalue weighted by molar-refractivity contribution is 6.71. The lowest BCUT2D eigenvalue weighted by molar-refractivity contribution is 0.123. The molecule has 2 nitrogen and oxygen atoms in total. The lowest BCUT2D eigenvalue weighted by Crippen LogP contribution is -2.39. The van der Waals surface area contributed by atoms with Gasteiger partial charge in [0.05, 0.1) is 0 Å². The van der Waals surface area contributed by atoms with E-state index >= 15 is 0 Å². The van der Waals surface area contributed by atoms with Crippen LogP contribution in [-0.2, 0) is 8.85 Å². The van der Waals surface area contributed by atoms with Gasteiger partial charge >= 0.3 is 8.56 Å². The summed E-state index contributed by atoms with van der Waals surface area (Å²) in [6.45, 7) is 25.7. The Hall–Kier alpha value is -0.123. The number of rotatable bonds is 9. The van der Waals surface area contributed by atoms with Crippen LogP contribution in [0.3, 0.4) is 0 Å². The summed E-state index contributed by atoms with van der Waals surface area (Å²) in [4.78, 5) is 0. The van der Waals surface area contributed by atoms with Gasteiger partial charge in [0.15, 0.2) is 0 Å². The predicted octanol–water partition coefficient (Wildman–Crippen LogP) is 5.96. The van der Waals surface area contributed by atoms with Crippen molar-refractivity contribution in [3.63, 3.8) is 0 Å². The first-order valence-electron chi connectivity index (χ1n) is 8.68. The van der Waals surface area contributed by atoms with Gasteiger partial charge < -0.3 is 8.85 Å². The maximum absolute atomic E-state index is 6.17. The summed E-state index contributed by atoms with van der Waals surface area (Å²) in [7, 11) is -2.24. The molecule has 0 spiro atoms. The van der Waals surface area contributed by atoms with Crippen molar-refractivity contribution in [2.24, 2.45) is 22.7 Å². The molecule has 0 aliphatic rings. The Bertz CT molecular complexity index is 299. The molecule has 0 aromatic heterocycles. The standard InChI is InChI=1S/C19H40O2Si/c1-11-22(10,20-14-16(2)12-18(4,5)6)21-15-17(3)13-19(7,8)9/h11,16-17H,1,12-15H2,2-10H3. The summed E-state index contributed by atoms with van der Waals surface area (Å²) in [5.74, 6) is 1.09. The molecule has 2 unspecified atom stereocenters. The minimum atomic E-state index is -2.24. The van der Waals surface area contributed by atoms with Crippen LogP contribution in [0.4, 0.5) is 0 Å². The van der Waals surface area contributed by atoms with E-state index < -0.39 is 8.56 Å². The van der Waals surface area contributed by atoms with E-state index in [-0.39, 0.29) is 0 Å². The first-order chi connectivity index (χ1) is 9.76. The van der Waals surface area contributed by atoms with Gasteiger partial charge in [-0.15, -0.1) is 6.58 Å². The zero-order valence-electron chi connectivity index (χ0n) is 16.6. The van der Waals surface area contributed by atoms with E-state index in [1.165, 1.54) is 0 Å². The van der Waals surface area contributed by atoms with Gasteiger partial charge in [0.1, 0.15) is 0 Å². The average Bonchev–Trinajstić information content (AvgIpc) is 2.30. The molecule has 0 rings (SSSR count). The largest absolute Gasteiger partial charge is 0.391 e. The first-order valence-corrected chi connectivity index (χ1v) is 11.1. The minimum absolute atomic E-state index is 0.344. The lowest BCUT2D eigenvalue weighted by Gasteiger charge is -2.30. The SMILES string of the molecule is C=C[Si](C)(OCC(C)CC(C)(C)C)OCC(C)CC(C)(C)C. The Labute approximate surface area is 140 Å². The van der Waals surface area contributed by atoms with Crippen LogP contribution in [0.25, 0.3) is 0 Å². The van der Waals surface area contributed by atoms with Crippen molar-refractivity contribution in [3.05, 3.63) is 12.3 Å². The van der Waals surface area contributed by atoms with Gasteiger partial charge in [-0.1, -0.05) is 55.4 Å². The molecule has 0 saturated carbocycles. The first kappa shape index (κ1) is 21.9. The highest BCUT2D eigenvalue weighted by atomic mass is 28.4. The van der Waals surface area contributed by atoms with Crippen molar-refractivity contribution < 1.29 is 8.85 Å². The van der Waals surface area contributed by atoms with Crippen LogP contribution in [0.5, 0.6) is 0 Å². The fourth-order valence-electron chi connectivity index (χ4n) is 2.98. The molecule has 3 heteroatoms. The summed E-state index contributed by atoms with van der Waals surface area (Å²) in [5.41, 5.74) is 2.61. The van der Waals surface area contributed by atoms with Gasteiger partial charge in [-0.2, -0.15) is 0 Å². The van der Waals surface area contributed by atoms with Crippen LogP contribution < -0.4 is 0 Å². The summed E-state index contributed by atoms with van der Waals surface area (Å²) >= 11 is 0. The van der Waals surface area contributed by atoms with Crippen molar-refractivity contribution in [2.75, 3.05) is 13.2 Å². The van der Waals surface area contributed by atoms with Crippen LogP contribution >= 0.6 is 0 Å². The van der Waals surface area contributed by atoms with Crippen LogP contribution in [0.1, 0.15) is 68.2 Å². The second-order valence-electron chi connectivity index (χ2n) is 9.58. The summed E-state index contributed by atoms with van der Waals surface area (Å²) in [6.07, 6.45) is 2.32. The molecule has 0 aromatic carbocycles. The third-order valence-corrected chi connectivity index (χ3v) is 5.82. The topological polar surface area (TPSA) is 18.5 Å². The second kappa shape index (κ2) is 8.65. The number of hydrogen-bond donors (Lipinski definition) is 0. The van der Waals surface area contributed by atoms with Gasteiger partial charge in [0.2, 0.25) is 0 Å². The van der Waals surface area contributed by atoms with Crippen LogP contribution in [0, 0.1) is 22.7 Å². The zero-order valence-corrected chi connectivity index (χ0v) is 17.6. The molecular weight excluding hydrogens is 288 g/mol. The molecule has 0 heterocycles. The summed E-state index contributed by atoms with van der Waals surface area (Å²) in [5, 5.41) is 0. The van der Waals surface area contributed by atoms with Gasteiger partial charge in [-0.3, -0.25) is 0 Å². The zero-order chi connectivity index (χ0) is 17.6. The smallest absolute Gasteiger partial charge is 0.361 e. The van der Waals surface area contributed by atoms with Crippen LogP contribution in [0.15, 0.2) is 12.3 Å². The lowest BCUT2D eigenvalue weighted by atomic mass is 9.86. The summed E-state index contributed by atoms with van der Waals surface area (Å²) in [6, 6.07) is 0. The molecule has 0 aliphatic carbocycles. The molecular formula is C19H40O2Si. The minimum Gasteiger partial charge on any atom is -0.391 e. The molecule has 0 fully saturated rings. The maximum Gasteiger partial charge on any atom is 0.361 e. The van der Waals surface area contributed by atoms with E-state index in [0.29, 0.717) is 22.7 Å². The Morgan fingerprint density at radius 3 is 1.41 bits per heavy atom. The molecule has 0 aromatic rings. The molecule has 22 heavy (non-hydrogen) atoms. The fraction of sp³-hybridized carbons (Fsp3) is 0.895. The van der Waals surface area contributed by atoms with Crippen molar-refractivity contribution >= 4 is 8.56 Å². The van der Waals surface area contributed by atoms with E-state index in [1.54, 1.807) is 0 Å². The van der Waals surface area contributed by atoms with E-state index in [9.17, 15) is 0 Å².